The summed E-state index contributed by atoms with van der Waals surface area (Å²) in [6.07, 6.45) is 0. The number of thioether (sulfide) groups is 1. The summed E-state index contributed by atoms with van der Waals surface area (Å²) in [6, 6.07) is 5.35. The number of rotatable bonds is 7. The Morgan fingerprint density at radius 3 is 2.83 bits per heavy atom. The fraction of sp³-hybridized carbons (Fsp3) is 0.462. The smallest absolute Gasteiger partial charge is 0.336 e. The third-order valence-electron chi connectivity index (χ3n) is 2.12. The number of carboxylic acids is 1. The normalized spacial score (nSPS) is 10.9. The highest BCUT2D eigenvalue weighted by atomic mass is 79.9. The van der Waals surface area contributed by atoms with Crippen LogP contribution in [0.4, 0.5) is 0 Å². The highest BCUT2D eigenvalue weighted by Crippen LogP contribution is 2.24. The van der Waals surface area contributed by atoms with Crippen LogP contribution in [0.2, 0.25) is 0 Å². The second-order valence-electron chi connectivity index (χ2n) is 4.26. The molecule has 18 heavy (non-hydrogen) atoms. The van der Waals surface area contributed by atoms with Crippen LogP contribution in [0.3, 0.4) is 0 Å². The molecule has 0 radical (unpaired) electrons. The van der Waals surface area contributed by atoms with Crippen molar-refractivity contribution >= 4 is 33.7 Å². The monoisotopic (exact) mass is 332 g/mol. The number of carboxylic acid groups (broad SMARTS) is 1. The molecule has 0 fully saturated rings. The molecule has 0 bridgehead atoms. The van der Waals surface area contributed by atoms with Crippen molar-refractivity contribution in [1.82, 2.24) is 0 Å². The minimum atomic E-state index is -0.916. The summed E-state index contributed by atoms with van der Waals surface area (Å²) < 4.78 is 6.08. The molecular weight excluding hydrogens is 316 g/mol. The Morgan fingerprint density at radius 1 is 1.50 bits per heavy atom. The van der Waals surface area contributed by atoms with Crippen molar-refractivity contribution < 1.29 is 14.6 Å². The Kier molecular flexibility index (Phi) is 6.75. The van der Waals surface area contributed by atoms with E-state index in [0.29, 0.717) is 22.6 Å². The third kappa shape index (κ3) is 5.42. The van der Waals surface area contributed by atoms with Crippen LogP contribution in [0.5, 0.6) is 0 Å². The number of carbonyl (C=O) groups is 1. The van der Waals surface area contributed by atoms with Gasteiger partial charge in [-0.2, -0.15) is 0 Å². The number of halogens is 1. The van der Waals surface area contributed by atoms with Gasteiger partial charge in [-0.05, 0) is 40.0 Å². The molecule has 0 spiro atoms. The van der Waals surface area contributed by atoms with E-state index in [1.165, 1.54) is 0 Å². The van der Waals surface area contributed by atoms with Crippen molar-refractivity contribution in [3.05, 3.63) is 28.2 Å². The lowest BCUT2D eigenvalue weighted by Crippen LogP contribution is -2.04. The lowest BCUT2D eigenvalue weighted by molar-refractivity contribution is 0.0695. The van der Waals surface area contributed by atoms with Crippen molar-refractivity contribution in [2.75, 3.05) is 19.0 Å². The van der Waals surface area contributed by atoms with Gasteiger partial charge in [0.25, 0.3) is 0 Å². The van der Waals surface area contributed by atoms with Crippen LogP contribution in [0.25, 0.3) is 0 Å². The molecule has 0 atom stereocenters. The van der Waals surface area contributed by atoms with Gasteiger partial charge in [-0.1, -0.05) is 13.8 Å². The maximum Gasteiger partial charge on any atom is 0.336 e. The molecule has 0 aromatic heterocycles. The molecule has 0 aliphatic rings. The van der Waals surface area contributed by atoms with E-state index in [0.717, 1.165) is 17.3 Å². The molecule has 1 aromatic rings. The first-order valence-electron chi connectivity index (χ1n) is 5.74. The molecule has 0 amide bonds. The van der Waals surface area contributed by atoms with Gasteiger partial charge in [0.05, 0.1) is 12.2 Å². The zero-order valence-corrected chi connectivity index (χ0v) is 12.9. The number of hydrogen-bond donors (Lipinski definition) is 1. The minimum absolute atomic E-state index is 0.295. The standard InChI is InChI=1S/C13H17BrO3S/c1-9(2)8-17-5-6-18-10-3-4-12(14)11(7-10)13(15)16/h3-4,7,9H,5-6,8H2,1-2H3,(H,15,16). The van der Waals surface area contributed by atoms with Crippen molar-refractivity contribution in [1.29, 1.82) is 0 Å². The van der Waals surface area contributed by atoms with Gasteiger partial charge in [0.1, 0.15) is 0 Å². The minimum Gasteiger partial charge on any atom is -0.478 e. The highest BCUT2D eigenvalue weighted by Gasteiger charge is 2.09. The van der Waals surface area contributed by atoms with Gasteiger partial charge in [-0.25, -0.2) is 4.79 Å². The first-order valence-corrected chi connectivity index (χ1v) is 7.52. The van der Waals surface area contributed by atoms with Crippen LogP contribution in [-0.2, 0) is 4.74 Å². The van der Waals surface area contributed by atoms with Crippen LogP contribution in [-0.4, -0.2) is 30.0 Å². The predicted molar refractivity (Wildman–Crippen MR) is 77.5 cm³/mol. The Morgan fingerprint density at radius 2 is 2.22 bits per heavy atom. The summed E-state index contributed by atoms with van der Waals surface area (Å²) in [6.45, 7) is 5.67. The molecule has 3 nitrogen and oxygen atoms in total. The lowest BCUT2D eigenvalue weighted by Gasteiger charge is -2.07. The molecule has 0 saturated heterocycles. The molecule has 0 heterocycles. The lowest BCUT2D eigenvalue weighted by atomic mass is 10.2. The van der Waals surface area contributed by atoms with E-state index >= 15 is 0 Å². The molecule has 0 unspecified atom stereocenters. The largest absolute Gasteiger partial charge is 0.478 e. The zero-order chi connectivity index (χ0) is 13.5. The van der Waals surface area contributed by atoms with Crippen molar-refractivity contribution in [2.24, 2.45) is 5.92 Å². The van der Waals surface area contributed by atoms with Gasteiger partial charge in [0.15, 0.2) is 0 Å². The van der Waals surface area contributed by atoms with Gasteiger partial charge in [-0.3, -0.25) is 0 Å². The molecule has 0 aliphatic heterocycles. The number of ether oxygens (including phenoxy) is 1. The fourth-order valence-corrected chi connectivity index (χ4v) is 2.51. The van der Waals surface area contributed by atoms with Gasteiger partial charge in [0, 0.05) is 21.7 Å². The molecular formula is C13H17BrO3S. The fourth-order valence-electron chi connectivity index (χ4n) is 1.30. The van der Waals surface area contributed by atoms with E-state index in [1.54, 1.807) is 23.9 Å². The van der Waals surface area contributed by atoms with E-state index in [4.69, 9.17) is 9.84 Å². The first kappa shape index (κ1) is 15.5. The van der Waals surface area contributed by atoms with E-state index in [1.807, 2.05) is 6.07 Å². The van der Waals surface area contributed by atoms with Crippen molar-refractivity contribution in [2.45, 2.75) is 18.7 Å². The zero-order valence-electron chi connectivity index (χ0n) is 10.5. The molecule has 0 saturated carbocycles. The molecule has 1 aromatic carbocycles. The maximum atomic E-state index is 11.0. The Bertz CT molecular complexity index is 407. The second-order valence-corrected chi connectivity index (χ2v) is 6.29. The van der Waals surface area contributed by atoms with E-state index in [-0.39, 0.29) is 0 Å². The molecule has 1 N–H and O–H groups in total. The Balaban J connectivity index is 2.43. The van der Waals surface area contributed by atoms with Crippen molar-refractivity contribution in [3.8, 4) is 0 Å². The Labute approximate surface area is 120 Å². The number of benzene rings is 1. The molecule has 0 aliphatic carbocycles. The highest BCUT2D eigenvalue weighted by molar-refractivity contribution is 9.10. The van der Waals surface area contributed by atoms with Gasteiger partial charge in [0.2, 0.25) is 0 Å². The summed E-state index contributed by atoms with van der Waals surface area (Å²) in [4.78, 5) is 11.9. The second kappa shape index (κ2) is 7.81. The number of hydrogen-bond acceptors (Lipinski definition) is 3. The van der Waals surface area contributed by atoms with E-state index in [9.17, 15) is 4.79 Å². The summed E-state index contributed by atoms with van der Waals surface area (Å²) in [7, 11) is 0. The first-order chi connectivity index (χ1) is 8.50. The van der Waals surface area contributed by atoms with Crippen LogP contribution in [0.1, 0.15) is 24.2 Å². The summed E-state index contributed by atoms with van der Waals surface area (Å²) in [5.74, 6) is 0.453. The summed E-state index contributed by atoms with van der Waals surface area (Å²) in [5, 5.41) is 9.00. The molecule has 100 valence electrons. The van der Waals surface area contributed by atoms with Gasteiger partial charge in [-0.15, -0.1) is 11.8 Å². The van der Waals surface area contributed by atoms with Gasteiger partial charge >= 0.3 is 5.97 Å². The van der Waals surface area contributed by atoms with Crippen molar-refractivity contribution in [3.63, 3.8) is 0 Å². The topological polar surface area (TPSA) is 46.5 Å². The average Bonchev–Trinajstić information content (AvgIpc) is 2.30. The van der Waals surface area contributed by atoms with Crippen LogP contribution in [0.15, 0.2) is 27.6 Å². The quantitative estimate of drug-likeness (QED) is 0.607. The Hall–Kier alpha value is -0.520. The van der Waals surface area contributed by atoms with E-state index in [2.05, 4.69) is 29.8 Å². The average molecular weight is 333 g/mol. The van der Waals surface area contributed by atoms with E-state index < -0.39 is 5.97 Å². The molecule has 5 heteroatoms. The maximum absolute atomic E-state index is 11.0. The summed E-state index contributed by atoms with van der Waals surface area (Å²) >= 11 is 4.83. The van der Waals surface area contributed by atoms with Crippen LogP contribution >= 0.6 is 27.7 Å². The van der Waals surface area contributed by atoms with Crippen LogP contribution in [0, 0.1) is 5.92 Å². The SMILES string of the molecule is CC(C)COCCSc1ccc(Br)c(C(=O)O)c1. The van der Waals surface area contributed by atoms with Crippen LogP contribution < -0.4 is 0 Å². The summed E-state index contributed by atoms with van der Waals surface area (Å²) in [5.41, 5.74) is 0.295. The van der Waals surface area contributed by atoms with Gasteiger partial charge < -0.3 is 9.84 Å². The third-order valence-corrected chi connectivity index (χ3v) is 3.77. The number of aromatic carboxylic acids is 1. The molecule has 1 rings (SSSR count). The predicted octanol–water partition coefficient (Wildman–Crippen LogP) is 3.91.